The van der Waals surface area contributed by atoms with Gasteiger partial charge < -0.3 is 20.1 Å². The Morgan fingerprint density at radius 3 is 2.81 bits per heavy atom. The molecule has 0 saturated carbocycles. The molecule has 0 aliphatic carbocycles. The highest BCUT2D eigenvalue weighted by molar-refractivity contribution is 5.97. The fourth-order valence-corrected chi connectivity index (χ4v) is 1.83. The van der Waals surface area contributed by atoms with Crippen LogP contribution in [0.5, 0.6) is 5.75 Å². The topological polar surface area (TPSA) is 104 Å². The van der Waals surface area contributed by atoms with Gasteiger partial charge in [-0.2, -0.15) is 0 Å². The van der Waals surface area contributed by atoms with E-state index in [0.29, 0.717) is 18.7 Å². The smallest absolute Gasteiger partial charge is 0.356 e. The summed E-state index contributed by atoms with van der Waals surface area (Å²) in [6.45, 7) is 2.39. The van der Waals surface area contributed by atoms with Crippen molar-refractivity contribution < 1.29 is 19.8 Å². The molecule has 1 aromatic heterocycles. The Hall–Kier alpha value is -2.83. The van der Waals surface area contributed by atoms with E-state index in [0.717, 1.165) is 0 Å². The van der Waals surface area contributed by atoms with Gasteiger partial charge in [-0.05, 0) is 18.6 Å². The molecule has 1 heterocycles. The molecule has 0 bridgehead atoms. The van der Waals surface area contributed by atoms with Crippen LogP contribution in [0.15, 0.2) is 30.7 Å². The summed E-state index contributed by atoms with van der Waals surface area (Å²) in [7, 11) is 0. The number of nitrogens with zero attached hydrogens (tertiary/aromatic N) is 2. The van der Waals surface area contributed by atoms with Crippen molar-refractivity contribution in [2.75, 3.05) is 6.54 Å². The van der Waals surface area contributed by atoms with E-state index in [1.807, 2.05) is 0 Å². The molecule has 21 heavy (non-hydrogen) atoms. The summed E-state index contributed by atoms with van der Waals surface area (Å²) < 4.78 is 1.57. The Balaban J connectivity index is 1.92. The van der Waals surface area contributed by atoms with Crippen molar-refractivity contribution in [3.63, 3.8) is 0 Å². The lowest BCUT2D eigenvalue weighted by Gasteiger charge is -2.08. The normalized spacial score (nSPS) is 10.3. The van der Waals surface area contributed by atoms with Crippen LogP contribution in [-0.2, 0) is 6.54 Å². The number of hydrogen-bond donors (Lipinski definition) is 3. The Morgan fingerprint density at radius 2 is 2.14 bits per heavy atom. The standard InChI is InChI=1S/C14H15N3O4/c1-9-3-2-4-10(12(9)18)13(19)15-5-6-17-7-11(14(20)21)16-8-17/h2-4,7-8,18H,5-6H2,1H3,(H,15,19)(H,20,21). The van der Waals surface area contributed by atoms with Crippen LogP contribution in [0.25, 0.3) is 0 Å². The number of imidazole rings is 1. The molecule has 7 nitrogen and oxygen atoms in total. The van der Waals surface area contributed by atoms with Gasteiger partial charge in [0.15, 0.2) is 5.69 Å². The van der Waals surface area contributed by atoms with E-state index in [4.69, 9.17) is 5.11 Å². The van der Waals surface area contributed by atoms with Gasteiger partial charge in [-0.3, -0.25) is 4.79 Å². The second kappa shape index (κ2) is 6.08. The Morgan fingerprint density at radius 1 is 1.38 bits per heavy atom. The van der Waals surface area contributed by atoms with Crippen molar-refractivity contribution in [2.24, 2.45) is 0 Å². The summed E-state index contributed by atoms with van der Waals surface area (Å²) in [5, 5.41) is 21.2. The van der Waals surface area contributed by atoms with Crippen molar-refractivity contribution in [3.8, 4) is 5.75 Å². The Kier molecular flexibility index (Phi) is 4.22. The molecule has 2 aromatic rings. The number of nitrogens with one attached hydrogen (secondary N) is 1. The summed E-state index contributed by atoms with van der Waals surface area (Å²) in [6.07, 6.45) is 2.78. The zero-order chi connectivity index (χ0) is 15.4. The molecule has 0 fully saturated rings. The van der Waals surface area contributed by atoms with Gasteiger partial charge in [0.05, 0.1) is 11.9 Å². The van der Waals surface area contributed by atoms with E-state index in [1.165, 1.54) is 18.6 Å². The van der Waals surface area contributed by atoms with Crippen LogP contribution in [0.2, 0.25) is 0 Å². The number of aromatic carboxylic acids is 1. The van der Waals surface area contributed by atoms with E-state index in [-0.39, 0.29) is 22.9 Å². The van der Waals surface area contributed by atoms with Gasteiger partial charge in [-0.25, -0.2) is 9.78 Å². The molecule has 110 valence electrons. The lowest BCUT2D eigenvalue weighted by Crippen LogP contribution is -2.27. The zero-order valence-electron chi connectivity index (χ0n) is 11.4. The number of carbonyl (C=O) groups is 2. The van der Waals surface area contributed by atoms with Gasteiger partial charge in [0.25, 0.3) is 5.91 Å². The van der Waals surface area contributed by atoms with Gasteiger partial charge >= 0.3 is 5.97 Å². The molecule has 7 heteroatoms. The minimum atomic E-state index is -1.09. The first-order valence-electron chi connectivity index (χ1n) is 6.31. The summed E-state index contributed by atoms with van der Waals surface area (Å²) >= 11 is 0. The van der Waals surface area contributed by atoms with Crippen molar-refractivity contribution in [1.29, 1.82) is 0 Å². The van der Waals surface area contributed by atoms with E-state index in [2.05, 4.69) is 10.3 Å². The number of carbonyl (C=O) groups excluding carboxylic acids is 1. The number of rotatable bonds is 5. The number of carboxylic acids is 1. The first kappa shape index (κ1) is 14.6. The lowest BCUT2D eigenvalue weighted by molar-refractivity contribution is 0.0690. The molecule has 0 radical (unpaired) electrons. The fourth-order valence-electron chi connectivity index (χ4n) is 1.83. The van der Waals surface area contributed by atoms with Crippen molar-refractivity contribution in [3.05, 3.63) is 47.5 Å². The van der Waals surface area contributed by atoms with Gasteiger partial charge in [-0.1, -0.05) is 12.1 Å². The molecule has 2 rings (SSSR count). The number of aromatic nitrogens is 2. The number of benzene rings is 1. The summed E-state index contributed by atoms with van der Waals surface area (Å²) in [6, 6.07) is 4.95. The second-order valence-corrected chi connectivity index (χ2v) is 4.53. The third-order valence-corrected chi connectivity index (χ3v) is 2.99. The minimum absolute atomic E-state index is 0.0363. The molecule has 0 aliphatic heterocycles. The van der Waals surface area contributed by atoms with Gasteiger partial charge in [0.1, 0.15) is 5.75 Å². The molecule has 0 spiro atoms. The molecule has 0 saturated heterocycles. The summed E-state index contributed by atoms with van der Waals surface area (Å²) in [5.74, 6) is -1.51. The molecule has 3 N–H and O–H groups in total. The van der Waals surface area contributed by atoms with Crippen LogP contribution in [0.3, 0.4) is 0 Å². The monoisotopic (exact) mass is 289 g/mol. The number of para-hydroxylation sites is 1. The molecule has 0 aliphatic rings. The first-order chi connectivity index (χ1) is 9.99. The predicted octanol–water partition coefficient (Wildman–Crippen LogP) is 1.03. The SMILES string of the molecule is Cc1cccc(C(=O)NCCn2cnc(C(=O)O)c2)c1O. The number of aryl methyl sites for hydroxylation is 1. The molecule has 0 unspecified atom stereocenters. The number of phenols is 1. The summed E-state index contributed by atoms with van der Waals surface area (Å²) in [4.78, 5) is 26.3. The van der Waals surface area contributed by atoms with E-state index >= 15 is 0 Å². The van der Waals surface area contributed by atoms with E-state index < -0.39 is 5.97 Å². The highest BCUT2D eigenvalue weighted by Crippen LogP contribution is 2.20. The van der Waals surface area contributed by atoms with E-state index in [1.54, 1.807) is 23.6 Å². The van der Waals surface area contributed by atoms with Crippen LogP contribution in [0, 0.1) is 6.92 Å². The average molecular weight is 289 g/mol. The lowest BCUT2D eigenvalue weighted by atomic mass is 10.1. The largest absolute Gasteiger partial charge is 0.507 e. The number of aromatic hydroxyl groups is 1. The third-order valence-electron chi connectivity index (χ3n) is 2.99. The maximum atomic E-state index is 11.9. The number of hydrogen-bond acceptors (Lipinski definition) is 4. The Bertz CT molecular complexity index is 679. The van der Waals surface area contributed by atoms with Gasteiger partial charge in [0, 0.05) is 19.3 Å². The third kappa shape index (κ3) is 3.38. The van der Waals surface area contributed by atoms with Gasteiger partial charge in [0.2, 0.25) is 0 Å². The second-order valence-electron chi connectivity index (χ2n) is 4.53. The zero-order valence-corrected chi connectivity index (χ0v) is 11.4. The maximum Gasteiger partial charge on any atom is 0.356 e. The van der Waals surface area contributed by atoms with Crippen LogP contribution in [-0.4, -0.2) is 38.2 Å². The van der Waals surface area contributed by atoms with E-state index in [9.17, 15) is 14.7 Å². The average Bonchev–Trinajstić information content (AvgIpc) is 2.91. The maximum absolute atomic E-state index is 11.9. The first-order valence-corrected chi connectivity index (χ1v) is 6.31. The molecule has 1 aromatic carbocycles. The number of phenolic OH excluding ortho intramolecular Hbond substituents is 1. The molecule has 0 atom stereocenters. The van der Waals surface area contributed by atoms with Gasteiger partial charge in [-0.15, -0.1) is 0 Å². The highest BCUT2D eigenvalue weighted by Gasteiger charge is 2.12. The molecule has 1 amide bonds. The van der Waals surface area contributed by atoms with Crippen LogP contribution in [0.4, 0.5) is 0 Å². The van der Waals surface area contributed by atoms with Crippen molar-refractivity contribution in [1.82, 2.24) is 14.9 Å². The van der Waals surface area contributed by atoms with Crippen molar-refractivity contribution in [2.45, 2.75) is 13.5 Å². The van der Waals surface area contributed by atoms with Crippen molar-refractivity contribution >= 4 is 11.9 Å². The predicted molar refractivity (Wildman–Crippen MR) is 74.4 cm³/mol. The number of carboxylic acid groups (broad SMARTS) is 1. The molecular weight excluding hydrogens is 274 g/mol. The van der Waals surface area contributed by atoms with Crippen LogP contribution in [0.1, 0.15) is 26.4 Å². The minimum Gasteiger partial charge on any atom is -0.507 e. The number of amides is 1. The van der Waals surface area contributed by atoms with Crippen LogP contribution >= 0.6 is 0 Å². The quantitative estimate of drug-likeness (QED) is 0.762. The Labute approximate surface area is 120 Å². The van der Waals surface area contributed by atoms with Crippen LogP contribution < -0.4 is 5.32 Å². The molecular formula is C14H15N3O4. The fraction of sp³-hybridized carbons (Fsp3) is 0.214. The highest BCUT2D eigenvalue weighted by atomic mass is 16.4. The summed E-state index contributed by atoms with van der Waals surface area (Å²) in [5.41, 5.74) is 0.799.